The first-order chi connectivity index (χ1) is 11.4. The molecule has 128 valence electrons. The number of carbonyl (C=O) groups is 1. The molecule has 1 amide bonds. The van der Waals surface area contributed by atoms with E-state index in [-0.39, 0.29) is 25.2 Å². The van der Waals surface area contributed by atoms with E-state index in [0.29, 0.717) is 0 Å². The van der Waals surface area contributed by atoms with Gasteiger partial charge in [-0.3, -0.25) is 4.79 Å². The van der Waals surface area contributed by atoms with E-state index in [0.717, 1.165) is 5.69 Å². The number of rotatable bonds is 2. The molecule has 2 aromatic rings. The van der Waals surface area contributed by atoms with Gasteiger partial charge in [0.25, 0.3) is 5.91 Å². The van der Waals surface area contributed by atoms with Gasteiger partial charge in [-0.05, 0) is 24.6 Å². The number of carbonyl (C=O) groups excluding carboxylic acids is 1. The summed E-state index contributed by atoms with van der Waals surface area (Å²) in [4.78, 5) is 13.8. The molecule has 2 unspecified atom stereocenters. The first kappa shape index (κ1) is 16.5. The van der Waals surface area contributed by atoms with Crippen LogP contribution in [0.5, 0.6) is 0 Å². The predicted octanol–water partition coefficient (Wildman–Crippen LogP) is 2.22. The van der Waals surface area contributed by atoms with Crippen LogP contribution in [0, 0.1) is 5.92 Å². The first-order valence-electron chi connectivity index (χ1n) is 7.59. The number of para-hydroxylation sites is 1. The van der Waals surface area contributed by atoms with Gasteiger partial charge in [0.1, 0.15) is 0 Å². The van der Waals surface area contributed by atoms with E-state index in [4.69, 9.17) is 5.73 Å². The molecule has 0 saturated carbocycles. The Morgan fingerprint density at radius 3 is 2.54 bits per heavy atom. The average molecular weight is 338 g/mol. The number of halogens is 3. The zero-order chi connectivity index (χ0) is 17.3. The number of benzene rings is 1. The summed E-state index contributed by atoms with van der Waals surface area (Å²) in [6.45, 7) is -0.101. The molecule has 1 aromatic carbocycles. The fourth-order valence-electron chi connectivity index (χ4n) is 2.90. The monoisotopic (exact) mass is 338 g/mol. The van der Waals surface area contributed by atoms with E-state index in [1.165, 1.54) is 4.90 Å². The van der Waals surface area contributed by atoms with Crippen LogP contribution >= 0.6 is 0 Å². The number of aromatic nitrogens is 2. The van der Waals surface area contributed by atoms with E-state index < -0.39 is 24.0 Å². The third-order valence-electron chi connectivity index (χ3n) is 4.19. The summed E-state index contributed by atoms with van der Waals surface area (Å²) in [7, 11) is 0. The number of nitrogens with zero attached hydrogens (tertiary/aromatic N) is 3. The Morgan fingerprint density at radius 2 is 1.92 bits per heavy atom. The molecule has 0 radical (unpaired) electrons. The normalized spacial score (nSPS) is 21.8. The van der Waals surface area contributed by atoms with Crippen LogP contribution in [-0.2, 0) is 0 Å². The molecule has 2 atom stereocenters. The number of hydrogen-bond acceptors (Lipinski definition) is 3. The van der Waals surface area contributed by atoms with Crippen molar-refractivity contribution in [2.45, 2.75) is 18.6 Å². The van der Waals surface area contributed by atoms with Crippen molar-refractivity contribution in [3.8, 4) is 5.69 Å². The van der Waals surface area contributed by atoms with Gasteiger partial charge in [0, 0.05) is 25.3 Å². The van der Waals surface area contributed by atoms with Crippen molar-refractivity contribution in [2.75, 3.05) is 13.1 Å². The molecular weight excluding hydrogens is 321 g/mol. The molecule has 1 aromatic heterocycles. The SMILES string of the molecule is NC1CN(C(=O)c2ccn(-c3ccccc3)n2)CCC1C(F)(F)F. The van der Waals surface area contributed by atoms with Crippen molar-refractivity contribution >= 4 is 5.91 Å². The maximum absolute atomic E-state index is 12.8. The lowest BCUT2D eigenvalue weighted by atomic mass is 9.91. The summed E-state index contributed by atoms with van der Waals surface area (Å²) in [5.41, 5.74) is 6.61. The van der Waals surface area contributed by atoms with Crippen molar-refractivity contribution in [3.05, 3.63) is 48.3 Å². The molecule has 1 fully saturated rings. The highest BCUT2D eigenvalue weighted by atomic mass is 19.4. The zero-order valence-corrected chi connectivity index (χ0v) is 12.8. The van der Waals surface area contributed by atoms with Gasteiger partial charge in [0.15, 0.2) is 5.69 Å². The van der Waals surface area contributed by atoms with Crippen molar-refractivity contribution in [2.24, 2.45) is 11.7 Å². The third-order valence-corrected chi connectivity index (χ3v) is 4.19. The van der Waals surface area contributed by atoms with Crippen LogP contribution in [0.3, 0.4) is 0 Å². The molecule has 1 aliphatic heterocycles. The van der Waals surface area contributed by atoms with Crippen molar-refractivity contribution in [3.63, 3.8) is 0 Å². The largest absolute Gasteiger partial charge is 0.393 e. The van der Waals surface area contributed by atoms with Gasteiger partial charge in [-0.1, -0.05) is 18.2 Å². The van der Waals surface area contributed by atoms with Crippen LogP contribution in [-0.4, -0.2) is 45.9 Å². The lowest BCUT2D eigenvalue weighted by Crippen LogP contribution is -2.54. The molecule has 3 rings (SSSR count). The second-order valence-corrected chi connectivity index (χ2v) is 5.83. The molecule has 0 spiro atoms. The van der Waals surface area contributed by atoms with E-state index >= 15 is 0 Å². The molecule has 8 heteroatoms. The quantitative estimate of drug-likeness (QED) is 0.913. The van der Waals surface area contributed by atoms with Gasteiger partial charge in [-0.2, -0.15) is 18.3 Å². The van der Waals surface area contributed by atoms with Gasteiger partial charge in [0.05, 0.1) is 11.6 Å². The van der Waals surface area contributed by atoms with E-state index in [2.05, 4.69) is 5.10 Å². The van der Waals surface area contributed by atoms with Crippen LogP contribution < -0.4 is 5.73 Å². The van der Waals surface area contributed by atoms with Gasteiger partial charge in [0.2, 0.25) is 0 Å². The van der Waals surface area contributed by atoms with E-state index in [1.54, 1.807) is 16.9 Å². The molecule has 5 nitrogen and oxygen atoms in total. The number of nitrogens with two attached hydrogens (primary N) is 1. The lowest BCUT2D eigenvalue weighted by molar-refractivity contribution is -0.188. The Bertz CT molecular complexity index is 714. The smallest absolute Gasteiger partial charge is 0.336 e. The van der Waals surface area contributed by atoms with Gasteiger partial charge in [-0.15, -0.1) is 0 Å². The summed E-state index contributed by atoms with van der Waals surface area (Å²) >= 11 is 0. The molecule has 1 aliphatic rings. The maximum Gasteiger partial charge on any atom is 0.393 e. The average Bonchev–Trinajstić information content (AvgIpc) is 3.03. The van der Waals surface area contributed by atoms with Gasteiger partial charge in [-0.25, -0.2) is 4.68 Å². The van der Waals surface area contributed by atoms with Crippen LogP contribution in [0.2, 0.25) is 0 Å². The third kappa shape index (κ3) is 3.28. The summed E-state index contributed by atoms with van der Waals surface area (Å²) in [5.74, 6) is -1.97. The minimum absolute atomic E-state index is 0.0227. The Labute approximate surface area is 136 Å². The van der Waals surface area contributed by atoms with E-state index in [9.17, 15) is 18.0 Å². The summed E-state index contributed by atoms with van der Waals surface area (Å²) in [5, 5.41) is 4.21. The van der Waals surface area contributed by atoms with Gasteiger partial charge < -0.3 is 10.6 Å². The molecule has 2 heterocycles. The first-order valence-corrected chi connectivity index (χ1v) is 7.59. The molecular formula is C16H17F3N4O. The Kier molecular flexibility index (Phi) is 4.31. The van der Waals surface area contributed by atoms with Crippen LogP contribution in [0.15, 0.2) is 42.6 Å². The van der Waals surface area contributed by atoms with Crippen LogP contribution in [0.4, 0.5) is 13.2 Å². The summed E-state index contributed by atoms with van der Waals surface area (Å²) < 4.78 is 40.1. The Morgan fingerprint density at radius 1 is 1.21 bits per heavy atom. The highest BCUT2D eigenvalue weighted by Crippen LogP contribution is 2.33. The molecule has 1 saturated heterocycles. The highest BCUT2D eigenvalue weighted by molar-refractivity contribution is 5.92. The fraction of sp³-hybridized carbons (Fsp3) is 0.375. The molecule has 0 bridgehead atoms. The predicted molar refractivity (Wildman–Crippen MR) is 81.6 cm³/mol. The number of amides is 1. The molecule has 2 N–H and O–H groups in total. The minimum Gasteiger partial charge on any atom is -0.336 e. The number of alkyl halides is 3. The second-order valence-electron chi connectivity index (χ2n) is 5.83. The van der Waals surface area contributed by atoms with Gasteiger partial charge >= 0.3 is 6.18 Å². The Hall–Kier alpha value is -2.35. The summed E-state index contributed by atoms with van der Waals surface area (Å²) in [6, 6.07) is 9.68. The zero-order valence-electron chi connectivity index (χ0n) is 12.8. The minimum atomic E-state index is -4.33. The van der Waals surface area contributed by atoms with Crippen molar-refractivity contribution < 1.29 is 18.0 Å². The van der Waals surface area contributed by atoms with Crippen LogP contribution in [0.1, 0.15) is 16.9 Å². The lowest BCUT2D eigenvalue weighted by Gasteiger charge is -2.37. The number of hydrogen-bond donors (Lipinski definition) is 1. The summed E-state index contributed by atoms with van der Waals surface area (Å²) in [6.07, 6.45) is -2.87. The Balaban J connectivity index is 1.71. The highest BCUT2D eigenvalue weighted by Gasteiger charge is 2.46. The second kappa shape index (κ2) is 6.27. The standard InChI is InChI=1S/C16H17F3N4O/c17-16(18,19)12-6-8-22(10-13(12)20)15(24)14-7-9-23(21-14)11-4-2-1-3-5-11/h1-5,7,9,12-13H,6,8,10,20H2. The number of piperidine rings is 1. The van der Waals surface area contributed by atoms with Crippen LogP contribution in [0.25, 0.3) is 5.69 Å². The fourth-order valence-corrected chi connectivity index (χ4v) is 2.90. The van der Waals surface area contributed by atoms with E-state index in [1.807, 2.05) is 30.3 Å². The molecule has 24 heavy (non-hydrogen) atoms. The van der Waals surface area contributed by atoms with Crippen molar-refractivity contribution in [1.29, 1.82) is 0 Å². The molecule has 0 aliphatic carbocycles. The number of likely N-dealkylation sites (tertiary alicyclic amines) is 1. The topological polar surface area (TPSA) is 64.2 Å². The van der Waals surface area contributed by atoms with Crippen molar-refractivity contribution in [1.82, 2.24) is 14.7 Å². The maximum atomic E-state index is 12.8.